The fourth-order valence-electron chi connectivity index (χ4n) is 4.27. The quantitative estimate of drug-likeness (QED) is 0.914. The zero-order chi connectivity index (χ0) is 16.0. The first-order valence-electron chi connectivity index (χ1n) is 7.81. The molecule has 1 aromatic carbocycles. The summed E-state index contributed by atoms with van der Waals surface area (Å²) in [5.74, 6) is 0.138. The van der Waals surface area contributed by atoms with Gasteiger partial charge < -0.3 is 5.11 Å². The molecular formula is C17H21Cl2NO2. The number of fused-ring (bicyclic) bond motifs is 2. The molecule has 22 heavy (non-hydrogen) atoms. The van der Waals surface area contributed by atoms with Crippen molar-refractivity contribution in [2.45, 2.75) is 50.3 Å². The average molecular weight is 342 g/mol. The Hall–Kier alpha value is -0.610. The van der Waals surface area contributed by atoms with Crippen LogP contribution in [0.15, 0.2) is 18.2 Å². The Balaban J connectivity index is 2.01. The first kappa shape index (κ1) is 16.3. The normalized spacial score (nSPS) is 34.9. The molecule has 2 fully saturated rings. The van der Waals surface area contributed by atoms with Crippen molar-refractivity contribution in [1.82, 2.24) is 4.90 Å². The molecular weight excluding hydrogens is 321 g/mol. The Morgan fingerprint density at radius 2 is 2.05 bits per heavy atom. The van der Waals surface area contributed by atoms with Crippen molar-refractivity contribution in [1.29, 1.82) is 0 Å². The molecule has 0 radical (unpaired) electrons. The Labute approximate surface area is 141 Å². The molecule has 0 aromatic heterocycles. The lowest BCUT2D eigenvalue weighted by Gasteiger charge is -2.43. The zero-order valence-electron chi connectivity index (χ0n) is 12.8. The van der Waals surface area contributed by atoms with Crippen LogP contribution in [0.4, 0.5) is 0 Å². The first-order valence-corrected chi connectivity index (χ1v) is 8.57. The Morgan fingerprint density at radius 1 is 1.32 bits per heavy atom. The van der Waals surface area contributed by atoms with Gasteiger partial charge in [0.25, 0.3) is 0 Å². The van der Waals surface area contributed by atoms with Gasteiger partial charge in [0.05, 0.1) is 16.1 Å². The van der Waals surface area contributed by atoms with Crippen molar-refractivity contribution >= 4 is 29.0 Å². The van der Waals surface area contributed by atoms with Crippen LogP contribution in [0.5, 0.6) is 0 Å². The molecule has 5 heteroatoms. The highest BCUT2D eigenvalue weighted by Gasteiger charge is 2.52. The molecule has 1 aromatic rings. The zero-order valence-corrected chi connectivity index (χ0v) is 14.3. The number of benzene rings is 1. The third-order valence-corrected chi connectivity index (χ3v) is 6.11. The maximum Gasteiger partial charge on any atom is 0.137 e. The van der Waals surface area contributed by atoms with Gasteiger partial charge in [0, 0.05) is 24.4 Å². The molecule has 2 bridgehead atoms. The lowest BCUT2D eigenvalue weighted by Crippen LogP contribution is -2.51. The molecule has 2 saturated heterocycles. The second-order valence-corrected chi connectivity index (χ2v) is 7.29. The topological polar surface area (TPSA) is 40.5 Å². The number of carbonyl (C=O) groups excluding carboxylic acids is 1. The smallest absolute Gasteiger partial charge is 0.137 e. The molecule has 2 aliphatic rings. The Morgan fingerprint density at radius 3 is 2.68 bits per heavy atom. The van der Waals surface area contributed by atoms with Crippen molar-refractivity contribution in [3.63, 3.8) is 0 Å². The number of aliphatic hydroxyl groups excluding tert-OH is 1. The number of piperidine rings is 1. The molecule has 1 N–H and O–H groups in total. The van der Waals surface area contributed by atoms with Gasteiger partial charge in [-0.3, -0.25) is 9.69 Å². The van der Waals surface area contributed by atoms with Gasteiger partial charge >= 0.3 is 0 Å². The molecule has 2 heterocycles. The average Bonchev–Trinajstić information content (AvgIpc) is 2.68. The number of ketones is 1. The van der Waals surface area contributed by atoms with E-state index in [0.717, 1.165) is 18.4 Å². The van der Waals surface area contributed by atoms with E-state index in [0.29, 0.717) is 22.5 Å². The number of aliphatic hydroxyl groups is 1. The van der Waals surface area contributed by atoms with Crippen molar-refractivity contribution in [3.8, 4) is 0 Å². The predicted octanol–water partition coefficient (Wildman–Crippen LogP) is 3.51. The minimum absolute atomic E-state index is 0.0920. The number of hydrogen-bond acceptors (Lipinski definition) is 3. The van der Waals surface area contributed by atoms with Crippen molar-refractivity contribution in [3.05, 3.63) is 33.8 Å². The fourth-order valence-corrected chi connectivity index (χ4v) is 4.58. The van der Waals surface area contributed by atoms with E-state index in [1.807, 2.05) is 26.1 Å². The van der Waals surface area contributed by atoms with E-state index in [1.165, 1.54) is 0 Å². The highest BCUT2D eigenvalue weighted by Crippen LogP contribution is 2.47. The summed E-state index contributed by atoms with van der Waals surface area (Å²) in [7, 11) is 2.02. The minimum Gasteiger partial charge on any atom is -0.391 e. The lowest BCUT2D eigenvalue weighted by atomic mass is 9.73. The van der Waals surface area contributed by atoms with Gasteiger partial charge in [-0.2, -0.15) is 0 Å². The van der Waals surface area contributed by atoms with Crippen LogP contribution in [0.25, 0.3) is 0 Å². The summed E-state index contributed by atoms with van der Waals surface area (Å²) in [5.41, 5.74) is 1.05. The number of nitrogens with zero attached hydrogens (tertiary/aromatic N) is 1. The second-order valence-electron chi connectivity index (χ2n) is 6.47. The number of rotatable bonds is 3. The summed E-state index contributed by atoms with van der Waals surface area (Å²) < 4.78 is 0. The van der Waals surface area contributed by atoms with Crippen LogP contribution in [0, 0.1) is 5.92 Å². The van der Waals surface area contributed by atoms with Crippen LogP contribution in [-0.4, -0.2) is 41.0 Å². The first-order chi connectivity index (χ1) is 10.4. The van der Waals surface area contributed by atoms with Gasteiger partial charge in [-0.05, 0) is 43.5 Å². The van der Waals surface area contributed by atoms with Crippen LogP contribution in [0.1, 0.15) is 37.7 Å². The van der Waals surface area contributed by atoms with E-state index in [4.69, 9.17) is 23.2 Å². The molecule has 2 aliphatic heterocycles. The maximum absolute atomic E-state index is 12.6. The summed E-state index contributed by atoms with van der Waals surface area (Å²) in [4.78, 5) is 14.8. The van der Waals surface area contributed by atoms with E-state index in [2.05, 4.69) is 4.90 Å². The number of hydrogen-bond donors (Lipinski definition) is 1. The fraction of sp³-hybridized carbons (Fsp3) is 0.588. The van der Waals surface area contributed by atoms with E-state index < -0.39 is 6.10 Å². The number of Topliss-reactive ketones (excluding diaryl/α,β-unsaturated/α-hetero) is 1. The van der Waals surface area contributed by atoms with Crippen molar-refractivity contribution < 1.29 is 9.90 Å². The van der Waals surface area contributed by atoms with Crippen LogP contribution in [-0.2, 0) is 4.79 Å². The molecule has 3 rings (SSSR count). The second kappa shape index (κ2) is 6.12. The van der Waals surface area contributed by atoms with E-state index in [9.17, 15) is 9.90 Å². The van der Waals surface area contributed by atoms with Crippen LogP contribution >= 0.6 is 23.2 Å². The number of carbonyl (C=O) groups is 1. The molecule has 120 valence electrons. The molecule has 3 nitrogen and oxygen atoms in total. The Kier molecular flexibility index (Phi) is 4.52. The Bertz CT molecular complexity index is 592. The summed E-state index contributed by atoms with van der Waals surface area (Å²) in [6, 6.07) is 5.86. The van der Waals surface area contributed by atoms with Crippen molar-refractivity contribution in [2.24, 2.45) is 5.92 Å². The van der Waals surface area contributed by atoms with Gasteiger partial charge in [0.1, 0.15) is 5.78 Å². The molecule has 0 amide bonds. The molecule has 5 atom stereocenters. The highest BCUT2D eigenvalue weighted by atomic mass is 35.5. The minimum atomic E-state index is -0.428. The third-order valence-electron chi connectivity index (χ3n) is 5.37. The lowest BCUT2D eigenvalue weighted by molar-refractivity contribution is -0.128. The summed E-state index contributed by atoms with van der Waals surface area (Å²) in [6.07, 6.45) is 1.68. The third kappa shape index (κ3) is 2.58. The van der Waals surface area contributed by atoms with Crippen LogP contribution < -0.4 is 0 Å². The maximum atomic E-state index is 12.6. The standard InChI is InChI=1S/C17H21Cl2NO2/c1-3-14(21)16-11(9-4-5-12(18)13(19)6-9)7-10-8-15(22)17(16)20(10)2/h4-6,10-11,15-17,22H,3,7-8H2,1-2H3/t10-,11-,15+,16+,17+/m0/s1. The summed E-state index contributed by atoms with van der Waals surface area (Å²) >= 11 is 12.2. The SMILES string of the molecule is CCC(=O)[C@@H]1[C@H]2[C@H](O)C[C@H](C[C@H]1c1ccc(Cl)c(Cl)c1)N2C. The largest absolute Gasteiger partial charge is 0.391 e. The monoisotopic (exact) mass is 341 g/mol. The van der Waals surface area contributed by atoms with E-state index >= 15 is 0 Å². The van der Waals surface area contributed by atoms with Crippen LogP contribution in [0.3, 0.4) is 0 Å². The molecule has 0 saturated carbocycles. The van der Waals surface area contributed by atoms with E-state index in [1.54, 1.807) is 6.07 Å². The molecule has 0 spiro atoms. The van der Waals surface area contributed by atoms with Gasteiger partial charge in [0.15, 0.2) is 0 Å². The van der Waals surface area contributed by atoms with Gasteiger partial charge in [0.2, 0.25) is 0 Å². The van der Waals surface area contributed by atoms with Gasteiger partial charge in [-0.1, -0.05) is 36.2 Å². The number of halogens is 2. The van der Waals surface area contributed by atoms with Crippen molar-refractivity contribution in [2.75, 3.05) is 7.05 Å². The van der Waals surface area contributed by atoms with Gasteiger partial charge in [-0.25, -0.2) is 0 Å². The summed E-state index contributed by atoms with van der Waals surface area (Å²) in [5, 5.41) is 11.5. The highest BCUT2D eigenvalue weighted by molar-refractivity contribution is 6.42. The molecule has 0 unspecified atom stereocenters. The van der Waals surface area contributed by atoms with Crippen LogP contribution in [0.2, 0.25) is 10.0 Å². The predicted molar refractivity (Wildman–Crippen MR) is 88.6 cm³/mol. The summed E-state index contributed by atoms with van der Waals surface area (Å²) in [6.45, 7) is 1.89. The number of likely N-dealkylation sites (N-methyl/N-ethyl adjacent to an activating group) is 1. The van der Waals surface area contributed by atoms with Gasteiger partial charge in [-0.15, -0.1) is 0 Å². The molecule has 0 aliphatic carbocycles. The van der Waals surface area contributed by atoms with E-state index in [-0.39, 0.29) is 23.7 Å².